The Bertz CT molecular complexity index is 1120. The van der Waals surface area contributed by atoms with E-state index in [2.05, 4.69) is 5.32 Å². The Hall–Kier alpha value is -2.16. The monoisotopic (exact) mass is 457 g/mol. The number of methoxy groups -OCH3 is 1. The number of hydrogen-bond donors (Lipinski definition) is 1. The van der Waals surface area contributed by atoms with Gasteiger partial charge in [-0.25, -0.2) is 4.98 Å². The molecule has 31 heavy (non-hydrogen) atoms. The lowest BCUT2D eigenvalue weighted by Crippen LogP contribution is -2.33. The molecule has 1 aromatic carbocycles. The summed E-state index contributed by atoms with van der Waals surface area (Å²) in [6.45, 7) is 3.02. The Labute approximate surface area is 190 Å². The molecule has 8 heteroatoms. The summed E-state index contributed by atoms with van der Waals surface area (Å²) >= 11 is 2.96. The van der Waals surface area contributed by atoms with E-state index in [-0.39, 0.29) is 16.7 Å². The maximum absolute atomic E-state index is 13.7. The zero-order chi connectivity index (χ0) is 21.8. The second-order valence-electron chi connectivity index (χ2n) is 7.66. The van der Waals surface area contributed by atoms with Gasteiger partial charge in [0, 0.05) is 25.1 Å². The van der Waals surface area contributed by atoms with Crippen molar-refractivity contribution in [3.63, 3.8) is 0 Å². The number of carbonyl (C=O) groups excluding carboxylic acids is 1. The number of aryl methyl sites for hydroxylation is 2. The Morgan fingerprint density at radius 2 is 2.06 bits per heavy atom. The summed E-state index contributed by atoms with van der Waals surface area (Å²) in [4.78, 5) is 33.2. The SMILES string of the molecule is COCCCNC(=O)C(C)Sc1nc2sc3c(c2c(=O)n1-c1ccccc1)CCCC3. The van der Waals surface area contributed by atoms with Gasteiger partial charge in [0.15, 0.2) is 5.16 Å². The molecule has 6 nitrogen and oxygen atoms in total. The zero-order valence-corrected chi connectivity index (χ0v) is 19.5. The number of amides is 1. The highest BCUT2D eigenvalue weighted by molar-refractivity contribution is 8.00. The largest absolute Gasteiger partial charge is 0.385 e. The van der Waals surface area contributed by atoms with E-state index in [0.29, 0.717) is 18.3 Å². The lowest BCUT2D eigenvalue weighted by atomic mass is 9.97. The van der Waals surface area contributed by atoms with Crippen LogP contribution in [0.25, 0.3) is 15.9 Å². The number of aromatic nitrogens is 2. The van der Waals surface area contributed by atoms with Crippen molar-refractivity contribution < 1.29 is 9.53 Å². The molecule has 1 aliphatic rings. The van der Waals surface area contributed by atoms with E-state index < -0.39 is 0 Å². The molecule has 2 heterocycles. The van der Waals surface area contributed by atoms with Crippen molar-refractivity contribution in [2.45, 2.75) is 49.4 Å². The third-order valence-electron chi connectivity index (χ3n) is 5.45. The molecule has 0 saturated carbocycles. The highest BCUT2D eigenvalue weighted by Crippen LogP contribution is 2.35. The molecule has 4 rings (SSSR count). The van der Waals surface area contributed by atoms with Crippen LogP contribution in [0.5, 0.6) is 0 Å². The number of para-hydroxylation sites is 1. The molecule has 1 N–H and O–H groups in total. The Balaban J connectivity index is 1.72. The number of carbonyl (C=O) groups is 1. The van der Waals surface area contributed by atoms with Gasteiger partial charge in [0.2, 0.25) is 5.91 Å². The van der Waals surface area contributed by atoms with Crippen LogP contribution in [0.4, 0.5) is 0 Å². The minimum atomic E-state index is -0.378. The van der Waals surface area contributed by atoms with Crippen LogP contribution in [0.1, 0.15) is 36.6 Å². The molecule has 0 aliphatic heterocycles. The van der Waals surface area contributed by atoms with Gasteiger partial charge in [-0.05, 0) is 56.7 Å². The van der Waals surface area contributed by atoms with Crippen molar-refractivity contribution in [3.05, 3.63) is 51.1 Å². The summed E-state index contributed by atoms with van der Waals surface area (Å²) in [5.74, 6) is -0.0689. The summed E-state index contributed by atoms with van der Waals surface area (Å²) in [7, 11) is 1.65. The van der Waals surface area contributed by atoms with Crippen LogP contribution in [-0.2, 0) is 22.4 Å². The van der Waals surface area contributed by atoms with Crippen molar-refractivity contribution >= 4 is 39.2 Å². The van der Waals surface area contributed by atoms with E-state index in [1.807, 2.05) is 37.3 Å². The van der Waals surface area contributed by atoms with Gasteiger partial charge < -0.3 is 10.1 Å². The van der Waals surface area contributed by atoms with E-state index in [0.717, 1.165) is 48.0 Å². The van der Waals surface area contributed by atoms with Gasteiger partial charge in [0.05, 0.1) is 16.3 Å². The van der Waals surface area contributed by atoms with Crippen LogP contribution >= 0.6 is 23.1 Å². The quantitative estimate of drug-likeness (QED) is 0.315. The maximum atomic E-state index is 13.7. The second kappa shape index (κ2) is 9.97. The van der Waals surface area contributed by atoms with Gasteiger partial charge in [-0.1, -0.05) is 30.0 Å². The molecule has 3 aromatic rings. The lowest BCUT2D eigenvalue weighted by molar-refractivity contribution is -0.120. The van der Waals surface area contributed by atoms with Crippen LogP contribution in [0.2, 0.25) is 0 Å². The highest BCUT2D eigenvalue weighted by atomic mass is 32.2. The van der Waals surface area contributed by atoms with E-state index in [1.54, 1.807) is 23.0 Å². The minimum absolute atomic E-state index is 0.0363. The average Bonchev–Trinajstić information content (AvgIpc) is 3.16. The highest BCUT2D eigenvalue weighted by Gasteiger charge is 2.25. The topological polar surface area (TPSA) is 73.2 Å². The third-order valence-corrected chi connectivity index (χ3v) is 7.69. The first kappa shape index (κ1) is 22.0. The molecule has 1 aliphatic carbocycles. The zero-order valence-electron chi connectivity index (χ0n) is 17.8. The number of rotatable bonds is 8. The molecule has 0 radical (unpaired) electrons. The van der Waals surface area contributed by atoms with Crippen LogP contribution < -0.4 is 10.9 Å². The standard InChI is InChI=1S/C23H27N3O3S2/c1-15(20(27)24-13-8-14-29-2)30-23-25-21-19(17-11-6-7-12-18(17)31-21)22(28)26(23)16-9-4-3-5-10-16/h3-5,9-10,15H,6-8,11-14H2,1-2H3,(H,24,27). The van der Waals surface area contributed by atoms with Crippen molar-refractivity contribution in [3.8, 4) is 5.69 Å². The normalized spacial score (nSPS) is 14.4. The number of ether oxygens (including phenoxy) is 1. The van der Waals surface area contributed by atoms with E-state index >= 15 is 0 Å². The fourth-order valence-electron chi connectivity index (χ4n) is 3.85. The molecule has 0 fully saturated rings. The first-order valence-electron chi connectivity index (χ1n) is 10.7. The predicted octanol–water partition coefficient (Wildman–Crippen LogP) is 3.96. The van der Waals surface area contributed by atoms with Gasteiger partial charge in [-0.2, -0.15) is 0 Å². The van der Waals surface area contributed by atoms with E-state index in [1.165, 1.54) is 22.2 Å². The number of nitrogens with one attached hydrogen (secondary N) is 1. The van der Waals surface area contributed by atoms with Crippen molar-refractivity contribution in [2.75, 3.05) is 20.3 Å². The second-order valence-corrected chi connectivity index (χ2v) is 10.1. The number of hydrogen-bond acceptors (Lipinski definition) is 6. The molecule has 0 spiro atoms. The number of nitrogens with zero attached hydrogens (tertiary/aromatic N) is 2. The number of fused-ring (bicyclic) bond motifs is 3. The predicted molar refractivity (Wildman–Crippen MR) is 127 cm³/mol. The number of benzene rings is 1. The summed E-state index contributed by atoms with van der Waals surface area (Å²) < 4.78 is 6.70. The van der Waals surface area contributed by atoms with Crippen LogP contribution in [0.3, 0.4) is 0 Å². The average molecular weight is 458 g/mol. The summed E-state index contributed by atoms with van der Waals surface area (Å²) in [5.41, 5.74) is 1.91. The van der Waals surface area contributed by atoms with Crippen LogP contribution in [0.15, 0.2) is 40.3 Å². The van der Waals surface area contributed by atoms with Gasteiger partial charge in [-0.15, -0.1) is 11.3 Å². The molecular weight excluding hydrogens is 430 g/mol. The Morgan fingerprint density at radius 1 is 1.29 bits per heavy atom. The summed E-state index contributed by atoms with van der Waals surface area (Å²) in [6, 6.07) is 9.57. The van der Waals surface area contributed by atoms with E-state index in [9.17, 15) is 9.59 Å². The van der Waals surface area contributed by atoms with Crippen molar-refractivity contribution in [2.24, 2.45) is 0 Å². The molecule has 1 amide bonds. The van der Waals surface area contributed by atoms with Crippen LogP contribution in [0, 0.1) is 0 Å². The Kier molecular flexibility index (Phi) is 7.09. The summed E-state index contributed by atoms with van der Waals surface area (Å²) in [6.07, 6.45) is 4.99. The first-order valence-corrected chi connectivity index (χ1v) is 12.4. The molecule has 0 bridgehead atoms. The van der Waals surface area contributed by atoms with E-state index in [4.69, 9.17) is 9.72 Å². The van der Waals surface area contributed by atoms with Crippen molar-refractivity contribution in [1.29, 1.82) is 0 Å². The van der Waals surface area contributed by atoms with Gasteiger partial charge in [0.25, 0.3) is 5.56 Å². The minimum Gasteiger partial charge on any atom is -0.385 e. The summed E-state index contributed by atoms with van der Waals surface area (Å²) in [5, 5.41) is 3.87. The number of thiophene rings is 1. The lowest BCUT2D eigenvalue weighted by Gasteiger charge is -2.16. The Morgan fingerprint density at radius 3 is 2.84 bits per heavy atom. The van der Waals surface area contributed by atoms with Crippen molar-refractivity contribution in [1.82, 2.24) is 14.9 Å². The third kappa shape index (κ3) is 4.71. The molecule has 0 saturated heterocycles. The maximum Gasteiger partial charge on any atom is 0.267 e. The van der Waals surface area contributed by atoms with Crippen LogP contribution in [-0.4, -0.2) is 41.0 Å². The molecular formula is C23H27N3O3S2. The number of thioether (sulfide) groups is 1. The molecule has 164 valence electrons. The van der Waals surface area contributed by atoms with Gasteiger partial charge in [-0.3, -0.25) is 14.2 Å². The molecule has 2 aromatic heterocycles. The fraction of sp³-hybridized carbons (Fsp3) is 0.435. The molecule has 1 unspecified atom stereocenters. The van der Waals surface area contributed by atoms with Gasteiger partial charge >= 0.3 is 0 Å². The smallest absolute Gasteiger partial charge is 0.267 e. The molecule has 1 atom stereocenters. The fourth-order valence-corrected chi connectivity index (χ4v) is 6.11. The first-order chi connectivity index (χ1) is 15.1. The van der Waals surface area contributed by atoms with Gasteiger partial charge in [0.1, 0.15) is 4.83 Å².